The molecule has 0 N–H and O–H groups in total. The molecule has 0 aromatic carbocycles. The molecular weight excluding hydrogens is 166 g/mol. The van der Waals surface area contributed by atoms with Crippen LogP contribution in [-0.2, 0) is 9.47 Å². The first-order valence-corrected chi connectivity index (χ1v) is 4.85. The van der Waals surface area contributed by atoms with Gasteiger partial charge in [-0.05, 0) is 13.8 Å². The van der Waals surface area contributed by atoms with Crippen molar-refractivity contribution >= 4 is 0 Å². The van der Waals surface area contributed by atoms with Gasteiger partial charge in [-0.3, -0.25) is 0 Å². The SMILES string of the molecule is CC1(C)COC[C@@H](C[N+](C)(C)C)O1. The molecule has 1 aliphatic rings. The molecule has 3 nitrogen and oxygen atoms in total. The van der Waals surface area contributed by atoms with Crippen molar-refractivity contribution in [3.63, 3.8) is 0 Å². The summed E-state index contributed by atoms with van der Waals surface area (Å²) >= 11 is 0. The van der Waals surface area contributed by atoms with Crippen molar-refractivity contribution in [2.45, 2.75) is 25.6 Å². The molecule has 0 aromatic heterocycles. The summed E-state index contributed by atoms with van der Waals surface area (Å²) in [6.07, 6.45) is 0.240. The molecule has 0 aromatic rings. The molecule has 1 fully saturated rings. The maximum Gasteiger partial charge on any atom is 0.130 e. The van der Waals surface area contributed by atoms with Gasteiger partial charge in [0.05, 0.1) is 40.0 Å². The second-order valence-corrected chi connectivity index (χ2v) is 5.49. The van der Waals surface area contributed by atoms with Crippen molar-refractivity contribution in [1.29, 1.82) is 0 Å². The first kappa shape index (κ1) is 11.0. The zero-order valence-electron chi connectivity index (χ0n) is 9.46. The Hall–Kier alpha value is -0.120. The third kappa shape index (κ3) is 4.07. The normalized spacial score (nSPS) is 28.8. The number of nitrogens with zero attached hydrogens (tertiary/aromatic N) is 1. The van der Waals surface area contributed by atoms with E-state index in [4.69, 9.17) is 9.47 Å². The van der Waals surface area contributed by atoms with Crippen molar-refractivity contribution in [2.24, 2.45) is 0 Å². The highest BCUT2D eigenvalue weighted by Crippen LogP contribution is 2.19. The van der Waals surface area contributed by atoms with Gasteiger partial charge in [0, 0.05) is 0 Å². The summed E-state index contributed by atoms with van der Waals surface area (Å²) in [5, 5.41) is 0. The highest BCUT2D eigenvalue weighted by atomic mass is 16.6. The standard InChI is InChI=1S/C10H22NO2/c1-10(2)8-12-7-9(13-10)6-11(3,4)5/h9H,6-8H2,1-5H3/q+1/t9-/m1/s1. The molecule has 0 aliphatic carbocycles. The Morgan fingerprint density at radius 1 is 1.31 bits per heavy atom. The van der Waals surface area contributed by atoms with Gasteiger partial charge in [-0.25, -0.2) is 0 Å². The molecule has 0 radical (unpaired) electrons. The van der Waals surface area contributed by atoms with Gasteiger partial charge >= 0.3 is 0 Å². The van der Waals surface area contributed by atoms with Gasteiger partial charge in [0.1, 0.15) is 12.6 Å². The molecule has 0 unspecified atom stereocenters. The quantitative estimate of drug-likeness (QED) is 0.599. The summed E-state index contributed by atoms with van der Waals surface area (Å²) in [6, 6.07) is 0. The zero-order valence-corrected chi connectivity index (χ0v) is 9.46. The molecule has 1 aliphatic heterocycles. The number of hydrogen-bond donors (Lipinski definition) is 0. The van der Waals surface area contributed by atoms with E-state index in [1.165, 1.54) is 0 Å². The molecule has 0 amide bonds. The Kier molecular flexibility index (Phi) is 3.00. The third-order valence-electron chi connectivity index (χ3n) is 1.99. The fourth-order valence-corrected chi connectivity index (χ4v) is 1.66. The lowest BCUT2D eigenvalue weighted by Gasteiger charge is -2.38. The molecule has 13 heavy (non-hydrogen) atoms. The second kappa shape index (κ2) is 3.56. The Bertz CT molecular complexity index is 170. The van der Waals surface area contributed by atoms with Crippen LogP contribution in [-0.4, -0.2) is 57.1 Å². The number of quaternary nitrogens is 1. The van der Waals surface area contributed by atoms with Crippen molar-refractivity contribution in [2.75, 3.05) is 40.9 Å². The third-order valence-corrected chi connectivity index (χ3v) is 1.99. The predicted molar refractivity (Wildman–Crippen MR) is 52.7 cm³/mol. The van der Waals surface area contributed by atoms with E-state index in [-0.39, 0.29) is 11.7 Å². The van der Waals surface area contributed by atoms with Crippen LogP contribution in [0.2, 0.25) is 0 Å². The van der Waals surface area contributed by atoms with E-state index < -0.39 is 0 Å². The average molecular weight is 188 g/mol. The molecule has 0 saturated carbocycles. The maximum absolute atomic E-state index is 5.91. The Labute approximate surface area is 81.2 Å². The van der Waals surface area contributed by atoms with E-state index in [9.17, 15) is 0 Å². The van der Waals surface area contributed by atoms with Crippen LogP contribution in [0.4, 0.5) is 0 Å². The zero-order chi connectivity index (χ0) is 10.1. The maximum atomic E-state index is 5.91. The van der Waals surface area contributed by atoms with Gasteiger partial charge in [-0.2, -0.15) is 0 Å². The molecule has 1 saturated heterocycles. The van der Waals surface area contributed by atoms with Gasteiger partial charge in [-0.15, -0.1) is 0 Å². The Balaban J connectivity index is 2.44. The van der Waals surface area contributed by atoms with Gasteiger partial charge < -0.3 is 14.0 Å². The van der Waals surface area contributed by atoms with Gasteiger partial charge in [0.15, 0.2) is 0 Å². The molecule has 1 rings (SSSR count). The van der Waals surface area contributed by atoms with Crippen LogP contribution >= 0.6 is 0 Å². The number of likely N-dealkylation sites (N-methyl/N-ethyl adjacent to an activating group) is 1. The number of rotatable bonds is 2. The first-order valence-electron chi connectivity index (χ1n) is 4.85. The smallest absolute Gasteiger partial charge is 0.130 e. The van der Waals surface area contributed by atoms with E-state index >= 15 is 0 Å². The Morgan fingerprint density at radius 3 is 2.38 bits per heavy atom. The Morgan fingerprint density at radius 2 is 1.92 bits per heavy atom. The molecular formula is C10H22NO2+. The minimum absolute atomic E-state index is 0.113. The van der Waals surface area contributed by atoms with Gasteiger partial charge in [0.2, 0.25) is 0 Å². The molecule has 0 spiro atoms. The largest absolute Gasteiger partial charge is 0.376 e. The van der Waals surface area contributed by atoms with Crippen LogP contribution in [0.1, 0.15) is 13.8 Å². The highest BCUT2D eigenvalue weighted by Gasteiger charge is 2.32. The topological polar surface area (TPSA) is 18.5 Å². The van der Waals surface area contributed by atoms with E-state index in [0.29, 0.717) is 6.61 Å². The summed E-state index contributed by atoms with van der Waals surface area (Å²) in [7, 11) is 6.51. The lowest BCUT2D eigenvalue weighted by molar-refractivity contribution is -0.874. The van der Waals surface area contributed by atoms with E-state index in [2.05, 4.69) is 35.0 Å². The summed E-state index contributed by atoms with van der Waals surface area (Å²) in [4.78, 5) is 0. The summed E-state index contributed by atoms with van der Waals surface area (Å²) in [6.45, 7) is 6.60. The predicted octanol–water partition coefficient (Wildman–Crippen LogP) is 0.887. The van der Waals surface area contributed by atoms with Crippen molar-refractivity contribution in [1.82, 2.24) is 0 Å². The fraction of sp³-hybridized carbons (Fsp3) is 1.00. The van der Waals surface area contributed by atoms with E-state index in [1.54, 1.807) is 0 Å². The minimum Gasteiger partial charge on any atom is -0.376 e. The molecule has 1 heterocycles. The van der Waals surface area contributed by atoms with E-state index in [1.807, 2.05) is 0 Å². The molecule has 0 bridgehead atoms. The van der Waals surface area contributed by atoms with Crippen LogP contribution in [0, 0.1) is 0 Å². The first-order chi connectivity index (χ1) is 5.79. The van der Waals surface area contributed by atoms with Gasteiger partial charge in [0.25, 0.3) is 0 Å². The van der Waals surface area contributed by atoms with Crippen molar-refractivity contribution in [3.05, 3.63) is 0 Å². The molecule has 3 heteroatoms. The van der Waals surface area contributed by atoms with Crippen LogP contribution in [0.5, 0.6) is 0 Å². The number of hydrogen-bond acceptors (Lipinski definition) is 2. The van der Waals surface area contributed by atoms with Crippen LogP contribution in [0.15, 0.2) is 0 Å². The molecule has 78 valence electrons. The van der Waals surface area contributed by atoms with E-state index in [0.717, 1.165) is 17.6 Å². The average Bonchev–Trinajstić information content (AvgIpc) is 1.79. The summed E-state index contributed by atoms with van der Waals surface area (Å²) in [5.74, 6) is 0. The molecule has 1 atom stereocenters. The lowest BCUT2D eigenvalue weighted by Crippen LogP contribution is -2.51. The van der Waals surface area contributed by atoms with Crippen LogP contribution in [0.25, 0.3) is 0 Å². The van der Waals surface area contributed by atoms with Crippen molar-refractivity contribution < 1.29 is 14.0 Å². The van der Waals surface area contributed by atoms with Crippen LogP contribution in [0.3, 0.4) is 0 Å². The lowest BCUT2D eigenvalue weighted by atomic mass is 10.1. The minimum atomic E-state index is -0.113. The van der Waals surface area contributed by atoms with Gasteiger partial charge in [-0.1, -0.05) is 0 Å². The van der Waals surface area contributed by atoms with Crippen LogP contribution < -0.4 is 0 Å². The summed E-state index contributed by atoms with van der Waals surface area (Å²) < 4.78 is 12.3. The highest BCUT2D eigenvalue weighted by molar-refractivity contribution is 4.75. The fourth-order valence-electron chi connectivity index (χ4n) is 1.66. The monoisotopic (exact) mass is 188 g/mol. The summed E-state index contributed by atoms with van der Waals surface area (Å²) in [5.41, 5.74) is -0.113. The number of ether oxygens (including phenoxy) is 2. The van der Waals surface area contributed by atoms with Crippen molar-refractivity contribution in [3.8, 4) is 0 Å². The second-order valence-electron chi connectivity index (χ2n) is 5.49.